The molecule has 0 bridgehead atoms. The molecular weight excluding hydrogens is 589 g/mol. The van der Waals surface area contributed by atoms with Crippen molar-refractivity contribution in [3.63, 3.8) is 0 Å². The van der Waals surface area contributed by atoms with Gasteiger partial charge in [0.25, 0.3) is 5.91 Å². The molecule has 9 heteroatoms. The summed E-state index contributed by atoms with van der Waals surface area (Å²) in [5, 5.41) is 14.2. The van der Waals surface area contributed by atoms with Crippen LogP contribution in [0.3, 0.4) is 0 Å². The summed E-state index contributed by atoms with van der Waals surface area (Å²) in [6, 6.07) is 20.2. The van der Waals surface area contributed by atoms with E-state index < -0.39 is 11.4 Å². The van der Waals surface area contributed by atoms with Crippen LogP contribution in [0.1, 0.15) is 61.9 Å². The van der Waals surface area contributed by atoms with E-state index in [1.165, 1.54) is 0 Å². The van der Waals surface area contributed by atoms with E-state index in [0.29, 0.717) is 25.1 Å². The number of hydrogen-bond donors (Lipinski definition) is 2. The maximum atomic E-state index is 12.7. The number of pyridine rings is 1. The van der Waals surface area contributed by atoms with Crippen LogP contribution < -0.4 is 5.32 Å². The third kappa shape index (κ3) is 8.89. The van der Waals surface area contributed by atoms with Gasteiger partial charge in [-0.2, -0.15) is 0 Å². The number of rotatable bonds is 13. The molecule has 0 unspecified atom stereocenters. The molecule has 0 aliphatic heterocycles. The molecule has 2 aromatic heterocycles. The van der Waals surface area contributed by atoms with Crippen LogP contribution in [0.4, 0.5) is 0 Å². The number of nitrogens with zero attached hydrogens (tertiary/aromatic N) is 3. The number of hydrogen-bond acceptors (Lipinski definition) is 6. The van der Waals surface area contributed by atoms with E-state index in [-0.39, 0.29) is 10.7 Å². The van der Waals surface area contributed by atoms with E-state index >= 15 is 0 Å². The summed E-state index contributed by atoms with van der Waals surface area (Å²) in [5.74, 6) is -0.145. The van der Waals surface area contributed by atoms with Gasteiger partial charge in [-0.25, -0.2) is 0 Å². The van der Waals surface area contributed by atoms with Crippen LogP contribution in [-0.2, 0) is 23.5 Å². The number of aromatic nitrogens is 2. The second kappa shape index (κ2) is 14.2. The van der Waals surface area contributed by atoms with E-state index in [1.807, 2.05) is 67.7 Å². The number of benzene rings is 2. The zero-order chi connectivity index (χ0) is 32.1. The van der Waals surface area contributed by atoms with Gasteiger partial charge >= 0.3 is 5.97 Å². The Morgan fingerprint density at radius 3 is 2.34 bits per heavy atom. The predicted molar refractivity (Wildman–Crippen MR) is 183 cm³/mol. The third-order valence-electron chi connectivity index (χ3n) is 7.20. The maximum absolute atomic E-state index is 12.7. The van der Waals surface area contributed by atoms with Gasteiger partial charge in [-0.1, -0.05) is 39.0 Å². The summed E-state index contributed by atoms with van der Waals surface area (Å²) in [7, 11) is 3.95. The summed E-state index contributed by atoms with van der Waals surface area (Å²) in [6.07, 6.45) is 2.20. The first-order valence-electron chi connectivity index (χ1n) is 14.9. The second-order valence-corrected chi connectivity index (χ2v) is 15.9. The van der Waals surface area contributed by atoms with Crippen LogP contribution in [0.5, 0.6) is 0 Å². The quantitative estimate of drug-likeness (QED) is 0.151. The van der Waals surface area contributed by atoms with E-state index in [0.717, 1.165) is 49.9 Å². The zero-order valence-corrected chi connectivity index (χ0v) is 28.4. The molecule has 234 valence electrons. The zero-order valence-electron chi connectivity index (χ0n) is 26.8. The van der Waals surface area contributed by atoms with Crippen molar-refractivity contribution >= 4 is 46.3 Å². The van der Waals surface area contributed by atoms with Crippen molar-refractivity contribution in [2.45, 2.75) is 67.9 Å². The smallest absolute Gasteiger partial charge is 0.309 e. The second-order valence-electron chi connectivity index (χ2n) is 13.0. The first kappa shape index (κ1) is 33.6. The van der Waals surface area contributed by atoms with Gasteiger partial charge in [0.15, 0.2) is 0 Å². The lowest BCUT2D eigenvalue weighted by Gasteiger charge is -2.24. The molecular formula is C35H44N4O3S2. The van der Waals surface area contributed by atoms with Crippen molar-refractivity contribution in [1.82, 2.24) is 19.8 Å². The highest BCUT2D eigenvalue weighted by molar-refractivity contribution is 8.01. The van der Waals surface area contributed by atoms with Crippen molar-refractivity contribution in [3.8, 4) is 0 Å². The first-order valence-corrected chi connectivity index (χ1v) is 16.7. The molecule has 0 radical (unpaired) electrons. The van der Waals surface area contributed by atoms with Crippen LogP contribution in [0, 0.1) is 5.41 Å². The molecule has 0 saturated heterocycles. The van der Waals surface area contributed by atoms with E-state index in [9.17, 15) is 14.7 Å². The monoisotopic (exact) mass is 632 g/mol. The number of amides is 1. The fourth-order valence-corrected chi connectivity index (χ4v) is 6.83. The number of fused-ring (bicyclic) bond motifs is 1. The van der Waals surface area contributed by atoms with Gasteiger partial charge < -0.3 is 19.9 Å². The Balaban J connectivity index is 1.74. The largest absolute Gasteiger partial charge is 0.481 e. The van der Waals surface area contributed by atoms with Crippen LogP contribution in [0.2, 0.25) is 0 Å². The van der Waals surface area contributed by atoms with Gasteiger partial charge in [0.2, 0.25) is 0 Å². The highest BCUT2D eigenvalue weighted by Crippen LogP contribution is 2.44. The van der Waals surface area contributed by atoms with Crippen molar-refractivity contribution in [3.05, 3.63) is 89.4 Å². The normalized spacial score (nSPS) is 12.2. The number of thioether (sulfide) groups is 2. The molecule has 0 aliphatic carbocycles. The number of likely N-dealkylation sites (N-methyl/N-ethyl adjacent to an activating group) is 1. The average Bonchev–Trinajstić information content (AvgIpc) is 3.21. The number of carboxylic acids is 1. The first-order chi connectivity index (χ1) is 20.7. The molecule has 4 aromatic rings. The molecule has 2 heterocycles. The van der Waals surface area contributed by atoms with Crippen molar-refractivity contribution in [1.29, 1.82) is 0 Å². The lowest BCUT2D eigenvalue weighted by molar-refractivity contribution is -0.146. The third-order valence-corrected chi connectivity index (χ3v) is 9.50. The van der Waals surface area contributed by atoms with E-state index in [2.05, 4.69) is 53.8 Å². The van der Waals surface area contributed by atoms with Gasteiger partial charge in [-0.05, 0) is 76.0 Å². The van der Waals surface area contributed by atoms with E-state index in [1.54, 1.807) is 37.4 Å². The Bertz CT molecular complexity index is 1590. The fraction of sp³-hybridized carbons (Fsp3) is 0.400. The number of carbonyl (C=O) groups excluding carboxylic acids is 1. The molecule has 2 N–H and O–H groups in total. The summed E-state index contributed by atoms with van der Waals surface area (Å²) in [6.45, 7) is 12.1. The minimum atomic E-state index is -0.954. The molecule has 0 spiro atoms. The number of carboxylic acid groups (broad SMARTS) is 1. The molecule has 0 fully saturated rings. The number of aliphatic carboxylic acids is 1. The summed E-state index contributed by atoms with van der Waals surface area (Å²) in [5.41, 5.74) is 3.82. The van der Waals surface area contributed by atoms with Crippen molar-refractivity contribution < 1.29 is 14.7 Å². The summed E-state index contributed by atoms with van der Waals surface area (Å²) < 4.78 is 2.19. The highest BCUT2D eigenvalue weighted by Gasteiger charge is 2.32. The molecule has 0 atom stereocenters. The van der Waals surface area contributed by atoms with Gasteiger partial charge in [0.1, 0.15) is 0 Å². The molecule has 44 heavy (non-hydrogen) atoms. The minimum Gasteiger partial charge on any atom is -0.481 e. The Hall–Kier alpha value is -3.27. The molecule has 2 aromatic carbocycles. The number of carbonyl (C=O) groups is 2. The Kier molecular flexibility index (Phi) is 10.9. The SMILES string of the molecule is CN(C)CCNC(=O)c1ccc(Cn2c(CC(C)(C)C(=O)O)c(SC(C)(C)C)c3cc(SCc4ccccn4)ccc32)cc1. The van der Waals surface area contributed by atoms with Crippen molar-refractivity contribution in [2.24, 2.45) is 5.41 Å². The molecule has 0 saturated carbocycles. The highest BCUT2D eigenvalue weighted by atomic mass is 32.2. The fourth-order valence-electron chi connectivity index (χ4n) is 4.80. The van der Waals surface area contributed by atoms with E-state index in [4.69, 9.17) is 0 Å². The van der Waals surface area contributed by atoms with Crippen LogP contribution >= 0.6 is 23.5 Å². The number of nitrogens with one attached hydrogen (secondary N) is 1. The lowest BCUT2D eigenvalue weighted by Crippen LogP contribution is -2.31. The van der Waals surface area contributed by atoms with Gasteiger partial charge in [0, 0.05) is 74.7 Å². The van der Waals surface area contributed by atoms with Gasteiger partial charge in [0.05, 0.1) is 11.1 Å². The molecule has 4 rings (SSSR count). The van der Waals surface area contributed by atoms with Crippen molar-refractivity contribution in [2.75, 3.05) is 27.2 Å². The predicted octanol–water partition coefficient (Wildman–Crippen LogP) is 7.21. The van der Waals surface area contributed by atoms with Crippen LogP contribution in [-0.4, -0.2) is 63.4 Å². The Labute approximate surface area is 269 Å². The Morgan fingerprint density at radius 1 is 1.00 bits per heavy atom. The summed E-state index contributed by atoms with van der Waals surface area (Å²) >= 11 is 3.54. The topological polar surface area (TPSA) is 87.5 Å². The van der Waals surface area contributed by atoms with Gasteiger partial charge in [-0.15, -0.1) is 23.5 Å². The van der Waals surface area contributed by atoms with Crippen LogP contribution in [0.25, 0.3) is 10.9 Å². The average molecular weight is 633 g/mol. The molecule has 1 amide bonds. The maximum Gasteiger partial charge on any atom is 0.309 e. The van der Waals surface area contributed by atoms with Gasteiger partial charge in [-0.3, -0.25) is 14.6 Å². The lowest BCUT2D eigenvalue weighted by atomic mass is 9.88. The molecule has 0 aliphatic rings. The standard InChI is InChI=1S/C35H44N4O3S2/c1-34(2,3)44-31-28-20-27(43-23-26-10-8-9-17-36-26)15-16-29(28)39(30(31)21-35(4,5)33(41)42)22-24-11-13-25(14-12-24)32(40)37-18-19-38(6)7/h8-17,20H,18-19,21-23H2,1-7H3,(H,37,40)(H,41,42). The summed E-state index contributed by atoms with van der Waals surface area (Å²) in [4.78, 5) is 33.8. The Morgan fingerprint density at radius 2 is 1.73 bits per heavy atom. The van der Waals surface area contributed by atoms with Crippen LogP contribution in [0.15, 0.2) is 76.7 Å². The molecule has 7 nitrogen and oxygen atoms in total. The minimum absolute atomic E-state index is 0.0834.